The van der Waals surface area contributed by atoms with Gasteiger partial charge in [0.2, 0.25) is 0 Å². The Morgan fingerprint density at radius 3 is 2.93 bits per heavy atom. The summed E-state index contributed by atoms with van der Waals surface area (Å²) >= 11 is 0. The number of amides is 2. The third-order valence-corrected chi connectivity index (χ3v) is 5.64. The Morgan fingerprint density at radius 2 is 2.11 bits per heavy atom. The van der Waals surface area contributed by atoms with Gasteiger partial charge in [0.15, 0.2) is 11.6 Å². The molecule has 27 heavy (non-hydrogen) atoms. The van der Waals surface area contributed by atoms with Crippen LogP contribution in [0.25, 0.3) is 0 Å². The molecule has 7 nitrogen and oxygen atoms in total. The first-order chi connectivity index (χ1) is 13.3. The van der Waals surface area contributed by atoms with Gasteiger partial charge in [-0.25, -0.2) is 9.78 Å². The summed E-state index contributed by atoms with van der Waals surface area (Å²) < 4.78 is 11.9. The Morgan fingerprint density at radius 1 is 1.22 bits per heavy atom. The third-order valence-electron chi connectivity index (χ3n) is 5.64. The molecule has 0 aromatic carbocycles. The van der Waals surface area contributed by atoms with Crippen LogP contribution in [-0.2, 0) is 4.74 Å². The topological polar surface area (TPSA) is 66.9 Å². The second-order valence-corrected chi connectivity index (χ2v) is 7.67. The first-order valence-corrected chi connectivity index (χ1v) is 10.3. The van der Waals surface area contributed by atoms with Crippen LogP contribution in [0.4, 0.5) is 10.6 Å². The predicted octanol–water partition coefficient (Wildman–Crippen LogP) is 2.41. The SMILES string of the molecule is O=C(NC[C@@H]1CCCCO1)N1CC[C@H](Oc2cccnc2N2CCCC2)C1. The van der Waals surface area contributed by atoms with Crippen LogP contribution in [-0.4, -0.2) is 67.5 Å². The molecule has 0 spiro atoms. The molecule has 148 valence electrons. The molecular formula is C20H30N4O3. The van der Waals surface area contributed by atoms with E-state index in [9.17, 15) is 4.79 Å². The highest BCUT2D eigenvalue weighted by Crippen LogP contribution is 2.30. The third kappa shape index (κ3) is 4.64. The largest absolute Gasteiger partial charge is 0.485 e. The number of hydrogen-bond acceptors (Lipinski definition) is 5. The number of hydrogen-bond donors (Lipinski definition) is 1. The van der Waals surface area contributed by atoms with Gasteiger partial charge >= 0.3 is 6.03 Å². The number of nitrogens with zero attached hydrogens (tertiary/aromatic N) is 3. The van der Waals surface area contributed by atoms with Gasteiger partial charge in [0.25, 0.3) is 0 Å². The van der Waals surface area contributed by atoms with E-state index in [-0.39, 0.29) is 18.2 Å². The van der Waals surface area contributed by atoms with Gasteiger partial charge in [0.1, 0.15) is 6.10 Å². The molecule has 7 heteroatoms. The fourth-order valence-electron chi connectivity index (χ4n) is 4.11. The minimum Gasteiger partial charge on any atom is -0.485 e. The van der Waals surface area contributed by atoms with Crippen molar-refractivity contribution in [3.63, 3.8) is 0 Å². The molecule has 1 N–H and O–H groups in total. The summed E-state index contributed by atoms with van der Waals surface area (Å²) in [6.45, 7) is 4.83. The summed E-state index contributed by atoms with van der Waals surface area (Å²) in [5.74, 6) is 1.77. The summed E-state index contributed by atoms with van der Waals surface area (Å²) in [7, 11) is 0. The van der Waals surface area contributed by atoms with Crippen molar-refractivity contribution in [2.24, 2.45) is 0 Å². The van der Waals surface area contributed by atoms with Crippen molar-refractivity contribution in [1.82, 2.24) is 15.2 Å². The van der Waals surface area contributed by atoms with E-state index in [1.165, 1.54) is 19.3 Å². The van der Waals surface area contributed by atoms with Crippen molar-refractivity contribution in [1.29, 1.82) is 0 Å². The number of ether oxygens (including phenoxy) is 2. The van der Waals surface area contributed by atoms with Gasteiger partial charge in [-0.3, -0.25) is 0 Å². The number of nitrogens with one attached hydrogen (secondary N) is 1. The summed E-state index contributed by atoms with van der Waals surface area (Å²) in [6, 6.07) is 3.89. The lowest BCUT2D eigenvalue weighted by atomic mass is 10.1. The molecule has 3 aliphatic rings. The number of carbonyl (C=O) groups is 1. The average Bonchev–Trinajstić information content (AvgIpc) is 3.40. The minimum absolute atomic E-state index is 0.0128. The van der Waals surface area contributed by atoms with Crippen molar-refractivity contribution < 1.29 is 14.3 Å². The van der Waals surface area contributed by atoms with E-state index in [1.54, 1.807) is 0 Å². The maximum Gasteiger partial charge on any atom is 0.317 e. The van der Waals surface area contributed by atoms with Gasteiger partial charge in [0, 0.05) is 45.4 Å². The molecule has 0 bridgehead atoms. The molecule has 0 saturated carbocycles. The molecule has 2 amide bonds. The molecule has 4 heterocycles. The summed E-state index contributed by atoms with van der Waals surface area (Å²) in [4.78, 5) is 21.1. The van der Waals surface area contributed by atoms with E-state index in [4.69, 9.17) is 9.47 Å². The summed E-state index contributed by atoms with van der Waals surface area (Å²) in [5, 5.41) is 3.02. The molecule has 4 rings (SSSR count). The Bertz CT molecular complexity index is 629. The number of rotatable bonds is 5. The molecular weight excluding hydrogens is 344 g/mol. The normalized spacial score (nSPS) is 25.6. The minimum atomic E-state index is -0.0128. The molecule has 1 aromatic rings. The Hall–Kier alpha value is -2.02. The van der Waals surface area contributed by atoms with Gasteiger partial charge in [-0.05, 0) is 44.2 Å². The zero-order valence-electron chi connectivity index (χ0n) is 15.9. The van der Waals surface area contributed by atoms with Crippen molar-refractivity contribution in [2.75, 3.05) is 44.2 Å². The monoisotopic (exact) mass is 374 g/mol. The van der Waals surface area contributed by atoms with Crippen molar-refractivity contribution >= 4 is 11.8 Å². The molecule has 3 aliphatic heterocycles. The van der Waals surface area contributed by atoms with E-state index in [0.29, 0.717) is 13.1 Å². The summed E-state index contributed by atoms with van der Waals surface area (Å²) in [6.07, 6.45) is 8.61. The summed E-state index contributed by atoms with van der Waals surface area (Å²) in [5.41, 5.74) is 0. The number of urea groups is 1. The van der Waals surface area contributed by atoms with E-state index in [2.05, 4.69) is 15.2 Å². The van der Waals surface area contributed by atoms with Crippen LogP contribution in [0.15, 0.2) is 18.3 Å². The number of pyridine rings is 1. The second kappa shape index (κ2) is 8.78. The lowest BCUT2D eigenvalue weighted by Gasteiger charge is -2.25. The van der Waals surface area contributed by atoms with Gasteiger partial charge in [-0.1, -0.05) is 0 Å². The van der Waals surface area contributed by atoms with Crippen LogP contribution >= 0.6 is 0 Å². The van der Waals surface area contributed by atoms with Gasteiger partial charge in [-0.2, -0.15) is 0 Å². The zero-order chi connectivity index (χ0) is 18.5. The molecule has 0 aliphatic carbocycles. The molecule has 2 atom stereocenters. The van der Waals surface area contributed by atoms with Crippen LogP contribution in [0.5, 0.6) is 5.75 Å². The standard InChI is InChI=1S/C20H30N4O3/c25-20(22-14-16-6-1-4-13-26-16)24-12-8-17(15-24)27-18-7-5-9-21-19(18)23-10-2-3-11-23/h5,7,9,16-17H,1-4,6,8,10-15H2,(H,22,25)/t16-,17-/m0/s1. The highest BCUT2D eigenvalue weighted by atomic mass is 16.5. The molecule has 3 saturated heterocycles. The Kier molecular flexibility index (Phi) is 5.97. The van der Waals surface area contributed by atoms with Crippen LogP contribution in [0.2, 0.25) is 0 Å². The van der Waals surface area contributed by atoms with Gasteiger partial charge < -0.3 is 24.6 Å². The molecule has 0 radical (unpaired) electrons. The van der Waals surface area contributed by atoms with Crippen LogP contribution in [0, 0.1) is 0 Å². The molecule has 3 fully saturated rings. The van der Waals surface area contributed by atoms with Crippen molar-refractivity contribution in [3.05, 3.63) is 18.3 Å². The van der Waals surface area contributed by atoms with Crippen LogP contribution < -0.4 is 15.0 Å². The zero-order valence-corrected chi connectivity index (χ0v) is 15.9. The van der Waals surface area contributed by atoms with Gasteiger partial charge in [0.05, 0.1) is 12.6 Å². The number of aromatic nitrogens is 1. The van der Waals surface area contributed by atoms with E-state index < -0.39 is 0 Å². The number of anilines is 1. The maximum absolute atomic E-state index is 12.4. The lowest BCUT2D eigenvalue weighted by Crippen LogP contribution is -2.43. The highest BCUT2D eigenvalue weighted by Gasteiger charge is 2.29. The fraction of sp³-hybridized carbons (Fsp3) is 0.700. The van der Waals surface area contributed by atoms with E-state index in [0.717, 1.165) is 57.1 Å². The van der Waals surface area contributed by atoms with Crippen LogP contribution in [0.3, 0.4) is 0 Å². The first-order valence-electron chi connectivity index (χ1n) is 10.3. The van der Waals surface area contributed by atoms with E-state index in [1.807, 2.05) is 23.2 Å². The second-order valence-electron chi connectivity index (χ2n) is 7.67. The average molecular weight is 374 g/mol. The number of likely N-dealkylation sites (tertiary alicyclic amines) is 1. The van der Waals surface area contributed by atoms with E-state index >= 15 is 0 Å². The maximum atomic E-state index is 12.4. The fourth-order valence-corrected chi connectivity index (χ4v) is 4.11. The predicted molar refractivity (Wildman–Crippen MR) is 103 cm³/mol. The number of carbonyl (C=O) groups excluding carboxylic acids is 1. The van der Waals surface area contributed by atoms with Crippen molar-refractivity contribution in [3.8, 4) is 5.75 Å². The van der Waals surface area contributed by atoms with Crippen molar-refractivity contribution in [2.45, 2.75) is 50.7 Å². The van der Waals surface area contributed by atoms with Gasteiger partial charge in [-0.15, -0.1) is 0 Å². The smallest absolute Gasteiger partial charge is 0.317 e. The molecule has 1 aromatic heterocycles. The lowest BCUT2D eigenvalue weighted by molar-refractivity contribution is 0.0178. The quantitative estimate of drug-likeness (QED) is 0.857. The Labute approximate surface area is 161 Å². The first kappa shape index (κ1) is 18.3. The highest BCUT2D eigenvalue weighted by molar-refractivity contribution is 5.74. The van der Waals surface area contributed by atoms with Crippen LogP contribution in [0.1, 0.15) is 38.5 Å². The molecule has 0 unspecified atom stereocenters. The Balaban J connectivity index is 1.28.